The summed E-state index contributed by atoms with van der Waals surface area (Å²) in [6.07, 6.45) is -0.562. The van der Waals surface area contributed by atoms with E-state index in [-0.39, 0.29) is 11.7 Å². The first-order valence-electron chi connectivity index (χ1n) is 8.17. The van der Waals surface area contributed by atoms with Crippen molar-refractivity contribution in [3.05, 3.63) is 54.1 Å². The maximum atomic E-state index is 11.1. The molecule has 0 fully saturated rings. The third-order valence-corrected chi connectivity index (χ3v) is 3.55. The van der Waals surface area contributed by atoms with Crippen LogP contribution in [-0.2, 0) is 11.2 Å². The summed E-state index contributed by atoms with van der Waals surface area (Å²) in [5.74, 6) is 0.631. The zero-order valence-corrected chi connectivity index (χ0v) is 14.4. The summed E-state index contributed by atoms with van der Waals surface area (Å²) in [5, 5.41) is 25.1. The maximum absolute atomic E-state index is 11.1. The van der Waals surface area contributed by atoms with Crippen molar-refractivity contribution in [3.63, 3.8) is 0 Å². The average Bonchev–Trinajstić information content (AvgIpc) is 2.55. The van der Waals surface area contributed by atoms with Gasteiger partial charge in [0, 0.05) is 25.2 Å². The lowest BCUT2D eigenvalue weighted by atomic mass is 10.1. The summed E-state index contributed by atoms with van der Waals surface area (Å²) in [4.78, 5) is 11.1. The Hall–Kier alpha value is -2.57. The van der Waals surface area contributed by atoms with Gasteiger partial charge in [-0.25, -0.2) is 0 Å². The molecule has 2 rings (SSSR count). The minimum absolute atomic E-state index is 0.156. The number of carbonyl (C=O) groups excluding carboxylic acids is 1. The van der Waals surface area contributed by atoms with E-state index in [4.69, 9.17) is 4.74 Å². The molecular weight excluding hydrogens is 320 g/mol. The van der Waals surface area contributed by atoms with E-state index in [1.807, 2.05) is 12.1 Å². The van der Waals surface area contributed by atoms with Crippen LogP contribution in [0.2, 0.25) is 0 Å². The third-order valence-electron chi connectivity index (χ3n) is 3.55. The third kappa shape index (κ3) is 6.45. The van der Waals surface area contributed by atoms with Gasteiger partial charge in [0.2, 0.25) is 5.91 Å². The normalized spacial score (nSPS) is 13.1. The van der Waals surface area contributed by atoms with Crippen LogP contribution in [-0.4, -0.2) is 35.0 Å². The predicted octanol–water partition coefficient (Wildman–Crippen LogP) is 2.27. The molecule has 0 bridgehead atoms. The second-order valence-corrected chi connectivity index (χ2v) is 5.86. The topological polar surface area (TPSA) is 90.8 Å². The summed E-state index contributed by atoms with van der Waals surface area (Å²) in [6.45, 7) is 3.69. The molecular formula is C19H24N2O4. The molecule has 0 saturated heterocycles. The van der Waals surface area contributed by atoms with Crippen molar-refractivity contribution in [2.45, 2.75) is 32.6 Å². The number of hydrogen-bond donors (Lipinski definition) is 4. The number of aliphatic hydroxyl groups excluding tert-OH is 1. The summed E-state index contributed by atoms with van der Waals surface area (Å²) >= 11 is 0. The highest BCUT2D eigenvalue weighted by Gasteiger charge is 2.16. The fourth-order valence-corrected chi connectivity index (χ4v) is 2.33. The van der Waals surface area contributed by atoms with Crippen molar-refractivity contribution < 1.29 is 19.7 Å². The number of phenols is 1. The largest absolute Gasteiger partial charge is 0.508 e. The van der Waals surface area contributed by atoms with Crippen molar-refractivity contribution in [3.8, 4) is 11.5 Å². The second kappa shape index (κ2) is 9.05. The number of phenolic OH excluding ortho intramolecular Hbond substituents is 1. The van der Waals surface area contributed by atoms with Crippen LogP contribution in [0.4, 0.5) is 5.69 Å². The van der Waals surface area contributed by atoms with Crippen LogP contribution in [0, 0.1) is 0 Å². The number of benzene rings is 2. The van der Waals surface area contributed by atoms with E-state index >= 15 is 0 Å². The molecule has 0 aliphatic heterocycles. The summed E-state index contributed by atoms with van der Waals surface area (Å²) in [7, 11) is 0. The molecule has 0 radical (unpaired) electrons. The quantitative estimate of drug-likeness (QED) is 0.552. The van der Waals surface area contributed by atoms with E-state index in [9.17, 15) is 15.0 Å². The number of anilines is 1. The van der Waals surface area contributed by atoms with E-state index in [0.29, 0.717) is 18.0 Å². The van der Waals surface area contributed by atoms with Gasteiger partial charge in [0.1, 0.15) is 17.6 Å². The SMILES string of the molecule is CC(=O)Nc1cccc(OC(NCCc2ccc(O)cc2)C(C)O)c1. The van der Waals surface area contributed by atoms with E-state index in [1.54, 1.807) is 43.3 Å². The molecule has 6 nitrogen and oxygen atoms in total. The molecule has 2 atom stereocenters. The number of rotatable bonds is 8. The van der Waals surface area contributed by atoms with Gasteiger partial charge in [-0.15, -0.1) is 0 Å². The first kappa shape index (κ1) is 18.8. The van der Waals surface area contributed by atoms with Crippen molar-refractivity contribution >= 4 is 11.6 Å². The predicted molar refractivity (Wildman–Crippen MR) is 96.7 cm³/mol. The highest BCUT2D eigenvalue weighted by molar-refractivity contribution is 5.88. The molecule has 0 spiro atoms. The lowest BCUT2D eigenvalue weighted by molar-refractivity contribution is -0.114. The van der Waals surface area contributed by atoms with E-state index in [0.717, 1.165) is 12.0 Å². The van der Waals surface area contributed by atoms with Crippen LogP contribution < -0.4 is 15.4 Å². The Kier molecular flexibility index (Phi) is 6.80. The van der Waals surface area contributed by atoms with Gasteiger partial charge in [-0.2, -0.15) is 0 Å². The van der Waals surface area contributed by atoms with Gasteiger partial charge in [-0.3, -0.25) is 10.1 Å². The van der Waals surface area contributed by atoms with Gasteiger partial charge in [-0.1, -0.05) is 18.2 Å². The Labute approximate surface area is 147 Å². The fourth-order valence-electron chi connectivity index (χ4n) is 2.33. The smallest absolute Gasteiger partial charge is 0.221 e. The number of carbonyl (C=O) groups is 1. The zero-order valence-electron chi connectivity index (χ0n) is 14.4. The van der Waals surface area contributed by atoms with Crippen molar-refractivity contribution in [2.75, 3.05) is 11.9 Å². The highest BCUT2D eigenvalue weighted by atomic mass is 16.5. The van der Waals surface area contributed by atoms with Gasteiger partial charge in [0.25, 0.3) is 0 Å². The lowest BCUT2D eigenvalue weighted by Gasteiger charge is -2.23. The molecule has 2 aromatic rings. The molecule has 1 amide bonds. The molecule has 4 N–H and O–H groups in total. The summed E-state index contributed by atoms with van der Waals surface area (Å²) < 4.78 is 5.80. The van der Waals surface area contributed by atoms with Gasteiger partial charge >= 0.3 is 0 Å². The Balaban J connectivity index is 1.92. The van der Waals surface area contributed by atoms with Gasteiger partial charge in [0.05, 0.1) is 0 Å². The van der Waals surface area contributed by atoms with E-state index < -0.39 is 12.3 Å². The Morgan fingerprint density at radius 3 is 2.56 bits per heavy atom. The maximum Gasteiger partial charge on any atom is 0.221 e. The van der Waals surface area contributed by atoms with Gasteiger partial charge < -0.3 is 20.3 Å². The molecule has 2 unspecified atom stereocenters. The number of hydrogen-bond acceptors (Lipinski definition) is 5. The number of aliphatic hydroxyl groups is 1. The molecule has 2 aromatic carbocycles. The number of aromatic hydroxyl groups is 1. The van der Waals surface area contributed by atoms with Crippen molar-refractivity contribution in [2.24, 2.45) is 0 Å². The molecule has 0 aliphatic carbocycles. The molecule has 134 valence electrons. The average molecular weight is 344 g/mol. The van der Waals surface area contributed by atoms with Gasteiger partial charge in [-0.05, 0) is 43.2 Å². The van der Waals surface area contributed by atoms with Crippen LogP contribution in [0.1, 0.15) is 19.4 Å². The molecule has 6 heteroatoms. The van der Waals surface area contributed by atoms with Crippen LogP contribution >= 0.6 is 0 Å². The molecule has 25 heavy (non-hydrogen) atoms. The van der Waals surface area contributed by atoms with Crippen molar-refractivity contribution in [1.82, 2.24) is 5.32 Å². The Morgan fingerprint density at radius 1 is 1.20 bits per heavy atom. The number of amides is 1. The first-order chi connectivity index (χ1) is 11.9. The standard InChI is InChI=1S/C19H24N2O4/c1-13(22)19(20-11-10-15-6-8-17(24)9-7-15)25-18-5-3-4-16(12-18)21-14(2)23/h3-9,12-13,19-20,22,24H,10-11H2,1-2H3,(H,21,23). The van der Waals surface area contributed by atoms with Crippen LogP contribution in [0.15, 0.2) is 48.5 Å². The van der Waals surface area contributed by atoms with Crippen molar-refractivity contribution in [1.29, 1.82) is 0 Å². The molecule has 0 aliphatic rings. The molecule has 0 aromatic heterocycles. The first-order valence-corrected chi connectivity index (χ1v) is 8.17. The Morgan fingerprint density at radius 2 is 1.92 bits per heavy atom. The highest BCUT2D eigenvalue weighted by Crippen LogP contribution is 2.19. The Bertz CT molecular complexity index is 686. The second-order valence-electron chi connectivity index (χ2n) is 5.86. The molecule has 0 saturated carbocycles. The summed E-state index contributed by atoms with van der Waals surface area (Å²) in [5.41, 5.74) is 1.71. The minimum Gasteiger partial charge on any atom is -0.508 e. The summed E-state index contributed by atoms with van der Waals surface area (Å²) in [6, 6.07) is 14.0. The van der Waals surface area contributed by atoms with E-state index in [2.05, 4.69) is 10.6 Å². The number of ether oxygens (including phenoxy) is 1. The fraction of sp³-hybridized carbons (Fsp3) is 0.316. The minimum atomic E-state index is -0.718. The van der Waals surface area contributed by atoms with Crippen LogP contribution in [0.3, 0.4) is 0 Å². The van der Waals surface area contributed by atoms with Gasteiger partial charge in [0.15, 0.2) is 6.23 Å². The monoisotopic (exact) mass is 344 g/mol. The van der Waals surface area contributed by atoms with E-state index in [1.165, 1.54) is 6.92 Å². The van der Waals surface area contributed by atoms with Crippen LogP contribution in [0.5, 0.6) is 11.5 Å². The molecule has 0 heterocycles. The number of nitrogens with one attached hydrogen (secondary N) is 2. The van der Waals surface area contributed by atoms with Crippen LogP contribution in [0.25, 0.3) is 0 Å². The zero-order chi connectivity index (χ0) is 18.2. The lowest BCUT2D eigenvalue weighted by Crippen LogP contribution is -2.43.